The Hall–Kier alpha value is -4.82. The molecule has 4 fully saturated rings. The Kier molecular flexibility index (Phi) is 9.55. The van der Waals surface area contributed by atoms with Crippen LogP contribution in [0.3, 0.4) is 0 Å². The SMILES string of the molecule is COc1ccc(CCn2c(-c3cccnc3)nc3cc(NC(=N[C@H]4C[C@@H]5C[C@H]([C@@H]4C)C5(C)C)N4CCN(CC#N)[C@@H](C)C4)ccc3c2=O)c(F)c1. The number of ether oxygens (including phenoxy) is 1. The zero-order valence-electron chi connectivity index (χ0n) is 30.1. The number of guanidine groups is 1. The van der Waals surface area contributed by atoms with Crippen LogP contribution in [0, 0.1) is 40.3 Å². The van der Waals surface area contributed by atoms with E-state index in [1.54, 1.807) is 29.1 Å². The fourth-order valence-corrected chi connectivity index (χ4v) is 8.60. The minimum absolute atomic E-state index is 0.200. The molecule has 0 unspecified atom stereocenters. The third-order valence-corrected chi connectivity index (χ3v) is 11.9. The lowest BCUT2D eigenvalue weighted by Crippen LogP contribution is -2.58. The van der Waals surface area contributed by atoms with E-state index in [0.29, 0.717) is 69.7 Å². The number of hydrogen-bond acceptors (Lipinski definition) is 7. The predicted octanol–water partition coefficient (Wildman–Crippen LogP) is 6.22. The van der Waals surface area contributed by atoms with Gasteiger partial charge in [0.15, 0.2) is 5.96 Å². The highest BCUT2D eigenvalue weighted by molar-refractivity contribution is 5.96. The van der Waals surface area contributed by atoms with Crippen LogP contribution in [0.4, 0.5) is 10.1 Å². The van der Waals surface area contributed by atoms with E-state index in [1.807, 2.05) is 30.3 Å². The van der Waals surface area contributed by atoms with Crippen molar-refractivity contribution in [2.45, 2.75) is 65.6 Å². The fraction of sp³-hybridized carbons (Fsp3) is 0.475. The van der Waals surface area contributed by atoms with E-state index in [4.69, 9.17) is 14.7 Å². The first-order chi connectivity index (χ1) is 24.6. The summed E-state index contributed by atoms with van der Waals surface area (Å²) in [4.78, 5) is 33.4. The standard InChI is InChI=1S/C40H47FN8O2/c1-25-24-48(18-17-47(25)16-13-42)39(46-35-20-29-19-33(26(35)2)40(29,3)4)44-30-9-11-32-36(21-30)45-37(28-7-6-14-43-23-28)49(38(32)50)15-12-27-8-10-31(51-5)22-34(27)41/h6-11,14,21-23,25-26,29,33,35H,12,15-20,24H2,1-5H3,(H,44,46)/t25-,26-,29-,33+,35-/m0/s1. The number of aromatic nitrogens is 3. The molecule has 0 radical (unpaired) electrons. The summed E-state index contributed by atoms with van der Waals surface area (Å²) < 4.78 is 21.6. The van der Waals surface area contributed by atoms with Crippen molar-refractivity contribution in [1.82, 2.24) is 24.3 Å². The maximum absolute atomic E-state index is 14.9. The number of piperazine rings is 1. The van der Waals surface area contributed by atoms with Crippen LogP contribution in [-0.2, 0) is 13.0 Å². The van der Waals surface area contributed by atoms with E-state index < -0.39 is 0 Å². The number of aryl methyl sites for hydroxylation is 1. The van der Waals surface area contributed by atoms with Gasteiger partial charge in [-0.2, -0.15) is 5.26 Å². The zero-order chi connectivity index (χ0) is 35.9. The Bertz CT molecular complexity index is 2040. The topological polar surface area (TPSA) is 112 Å². The smallest absolute Gasteiger partial charge is 0.261 e. The molecule has 51 heavy (non-hydrogen) atoms. The monoisotopic (exact) mass is 690 g/mol. The lowest BCUT2D eigenvalue weighted by Gasteiger charge is -2.61. The van der Waals surface area contributed by atoms with E-state index in [0.717, 1.165) is 37.7 Å². The average molecular weight is 691 g/mol. The van der Waals surface area contributed by atoms with Crippen LogP contribution >= 0.6 is 0 Å². The van der Waals surface area contributed by atoms with Crippen LogP contribution < -0.4 is 15.6 Å². The maximum Gasteiger partial charge on any atom is 0.261 e. The second kappa shape index (κ2) is 14.1. The van der Waals surface area contributed by atoms with Crippen molar-refractivity contribution in [1.29, 1.82) is 5.26 Å². The summed E-state index contributed by atoms with van der Waals surface area (Å²) in [5, 5.41) is 13.5. The van der Waals surface area contributed by atoms with Crippen molar-refractivity contribution >= 4 is 22.5 Å². The summed E-state index contributed by atoms with van der Waals surface area (Å²) in [6, 6.07) is 16.8. The van der Waals surface area contributed by atoms with Crippen LogP contribution in [0.25, 0.3) is 22.3 Å². The molecule has 0 amide bonds. The van der Waals surface area contributed by atoms with Crippen molar-refractivity contribution in [3.63, 3.8) is 0 Å². The Morgan fingerprint density at radius 2 is 2.00 bits per heavy atom. The minimum Gasteiger partial charge on any atom is -0.497 e. The number of nitrogens with zero attached hydrogens (tertiary/aromatic N) is 7. The highest BCUT2D eigenvalue weighted by Gasteiger charge is 2.56. The Morgan fingerprint density at radius 1 is 1.16 bits per heavy atom. The Labute approximate surface area is 299 Å². The lowest BCUT2D eigenvalue weighted by molar-refractivity contribution is -0.108. The third-order valence-electron chi connectivity index (χ3n) is 11.9. The molecule has 4 aromatic rings. The van der Waals surface area contributed by atoms with E-state index >= 15 is 0 Å². The van der Waals surface area contributed by atoms with Gasteiger partial charge < -0.3 is 15.0 Å². The molecule has 2 aromatic heterocycles. The Morgan fingerprint density at radius 3 is 2.69 bits per heavy atom. The normalized spacial score (nSPS) is 24.5. The number of pyridine rings is 1. The zero-order valence-corrected chi connectivity index (χ0v) is 30.1. The molecule has 3 saturated carbocycles. The van der Waals surface area contributed by atoms with Gasteiger partial charge in [0, 0.05) is 61.9 Å². The molecule has 10 nitrogen and oxygen atoms in total. The van der Waals surface area contributed by atoms with Gasteiger partial charge in [0.1, 0.15) is 17.4 Å². The molecule has 0 spiro atoms. The van der Waals surface area contributed by atoms with E-state index in [1.165, 1.54) is 19.6 Å². The van der Waals surface area contributed by atoms with Gasteiger partial charge in [-0.3, -0.25) is 19.2 Å². The fourth-order valence-electron chi connectivity index (χ4n) is 8.60. The van der Waals surface area contributed by atoms with Gasteiger partial charge in [0.05, 0.1) is 36.7 Å². The van der Waals surface area contributed by atoms with Gasteiger partial charge in [0.2, 0.25) is 0 Å². The van der Waals surface area contributed by atoms with E-state index in [9.17, 15) is 14.4 Å². The second-order valence-electron chi connectivity index (χ2n) is 15.1. The quantitative estimate of drug-likeness (QED) is 0.132. The summed E-state index contributed by atoms with van der Waals surface area (Å²) in [6.07, 6.45) is 6.03. The first kappa shape index (κ1) is 34.6. The van der Waals surface area contributed by atoms with Crippen LogP contribution in [-0.4, -0.2) is 75.7 Å². The van der Waals surface area contributed by atoms with Crippen molar-refractivity contribution in [2.75, 3.05) is 38.6 Å². The molecule has 3 heterocycles. The number of fused-ring (bicyclic) bond motifs is 3. The van der Waals surface area contributed by atoms with Crippen LogP contribution in [0.5, 0.6) is 5.75 Å². The molecular weight excluding hydrogens is 643 g/mol. The first-order valence-corrected chi connectivity index (χ1v) is 18.1. The summed E-state index contributed by atoms with van der Waals surface area (Å²) in [5.74, 6) is 3.19. The number of aliphatic imine (C=N–C) groups is 1. The number of anilines is 1. The summed E-state index contributed by atoms with van der Waals surface area (Å²) in [5.41, 5.74) is 2.70. The second-order valence-corrected chi connectivity index (χ2v) is 15.1. The third kappa shape index (κ3) is 6.69. The highest BCUT2D eigenvalue weighted by Crippen LogP contribution is 2.61. The number of rotatable bonds is 8. The first-order valence-electron chi connectivity index (χ1n) is 18.1. The largest absolute Gasteiger partial charge is 0.497 e. The van der Waals surface area contributed by atoms with Gasteiger partial charge in [0.25, 0.3) is 5.56 Å². The molecular formula is C40H47FN8O2. The molecule has 2 aromatic carbocycles. The number of benzene rings is 2. The van der Waals surface area contributed by atoms with Crippen molar-refractivity contribution in [3.8, 4) is 23.2 Å². The van der Waals surface area contributed by atoms with Gasteiger partial charge >= 0.3 is 0 Å². The Balaban J connectivity index is 1.22. The minimum atomic E-state index is -0.378. The molecule has 266 valence electrons. The molecule has 1 saturated heterocycles. The summed E-state index contributed by atoms with van der Waals surface area (Å²) >= 11 is 0. The molecule has 11 heteroatoms. The number of hydrogen-bond donors (Lipinski definition) is 1. The summed E-state index contributed by atoms with van der Waals surface area (Å²) in [7, 11) is 1.50. The van der Waals surface area contributed by atoms with Gasteiger partial charge in [-0.25, -0.2) is 14.4 Å². The van der Waals surface area contributed by atoms with E-state index in [2.05, 4.69) is 53.9 Å². The van der Waals surface area contributed by atoms with Crippen LogP contribution in [0.1, 0.15) is 46.1 Å². The lowest BCUT2D eigenvalue weighted by atomic mass is 9.45. The van der Waals surface area contributed by atoms with Gasteiger partial charge in [-0.1, -0.05) is 26.8 Å². The number of methoxy groups -OCH3 is 1. The molecule has 1 N–H and O–H groups in total. The highest BCUT2D eigenvalue weighted by atomic mass is 19.1. The molecule has 3 aliphatic carbocycles. The molecule has 5 atom stereocenters. The van der Waals surface area contributed by atoms with Gasteiger partial charge in [-0.15, -0.1) is 0 Å². The number of nitrogens with one attached hydrogen (secondary N) is 1. The van der Waals surface area contributed by atoms with Crippen LogP contribution in [0.2, 0.25) is 0 Å². The predicted molar refractivity (Wildman–Crippen MR) is 198 cm³/mol. The number of nitriles is 1. The molecule has 8 rings (SSSR count). The van der Waals surface area contributed by atoms with Crippen molar-refractivity contribution in [2.24, 2.45) is 28.2 Å². The van der Waals surface area contributed by atoms with Crippen LogP contribution in [0.15, 0.2) is 70.7 Å². The number of halogens is 1. The average Bonchev–Trinajstić information content (AvgIpc) is 3.13. The van der Waals surface area contributed by atoms with E-state index in [-0.39, 0.29) is 30.0 Å². The maximum atomic E-state index is 14.9. The van der Waals surface area contributed by atoms with Crippen molar-refractivity contribution in [3.05, 3.63) is 82.7 Å². The molecule has 2 bridgehead atoms. The molecule has 4 aliphatic rings. The van der Waals surface area contributed by atoms with Crippen molar-refractivity contribution < 1.29 is 9.13 Å². The summed E-state index contributed by atoms with van der Waals surface area (Å²) in [6.45, 7) is 12.3. The molecule has 1 aliphatic heterocycles. The van der Waals surface area contributed by atoms with Gasteiger partial charge in [-0.05, 0) is 91.3 Å².